The average Bonchev–Trinajstić information content (AvgIpc) is 2.85. The van der Waals surface area contributed by atoms with Crippen molar-refractivity contribution in [2.24, 2.45) is 5.92 Å². The monoisotopic (exact) mass is 213 g/mol. The zero-order valence-corrected chi connectivity index (χ0v) is 9.56. The molecule has 0 aromatic rings. The van der Waals surface area contributed by atoms with Gasteiger partial charge in [0, 0.05) is 13.0 Å². The highest BCUT2D eigenvalue weighted by Crippen LogP contribution is 2.30. The van der Waals surface area contributed by atoms with E-state index in [4.69, 9.17) is 5.11 Å². The maximum atomic E-state index is 11.4. The first-order chi connectivity index (χ1) is 6.93. The standard InChI is InChI=1S/C11H19NO3/c1-7(2)6-10(11(14)15)12(8(3)13)9-4-5-9/h7,9-10H,4-6H2,1-3H3,(H,14,15). The third-order valence-electron chi connectivity index (χ3n) is 2.62. The topological polar surface area (TPSA) is 57.6 Å². The number of carboxylic acid groups (broad SMARTS) is 1. The number of amides is 1. The van der Waals surface area contributed by atoms with Crippen molar-refractivity contribution >= 4 is 11.9 Å². The van der Waals surface area contributed by atoms with Crippen LogP contribution in [-0.2, 0) is 9.59 Å². The molecule has 0 saturated heterocycles. The Labute approximate surface area is 90.3 Å². The molecule has 1 N–H and O–H groups in total. The fourth-order valence-electron chi connectivity index (χ4n) is 1.86. The fraction of sp³-hybridized carbons (Fsp3) is 0.818. The Balaban J connectivity index is 2.74. The summed E-state index contributed by atoms with van der Waals surface area (Å²) in [6.07, 6.45) is 2.42. The molecular weight excluding hydrogens is 194 g/mol. The molecule has 4 heteroatoms. The highest BCUT2D eigenvalue weighted by atomic mass is 16.4. The van der Waals surface area contributed by atoms with E-state index in [0.29, 0.717) is 6.42 Å². The number of carbonyl (C=O) groups excluding carboxylic acids is 1. The van der Waals surface area contributed by atoms with Crippen molar-refractivity contribution < 1.29 is 14.7 Å². The summed E-state index contributed by atoms with van der Waals surface area (Å²) in [4.78, 5) is 24.1. The SMILES string of the molecule is CC(=O)N(C1CC1)C(CC(C)C)C(=O)O. The van der Waals surface area contributed by atoms with Gasteiger partial charge in [0.2, 0.25) is 5.91 Å². The molecule has 1 aliphatic rings. The maximum Gasteiger partial charge on any atom is 0.326 e. The number of rotatable bonds is 5. The fourth-order valence-corrected chi connectivity index (χ4v) is 1.86. The largest absolute Gasteiger partial charge is 0.480 e. The van der Waals surface area contributed by atoms with Gasteiger partial charge in [-0.2, -0.15) is 0 Å². The van der Waals surface area contributed by atoms with Gasteiger partial charge in [0.05, 0.1) is 0 Å². The minimum absolute atomic E-state index is 0.120. The van der Waals surface area contributed by atoms with E-state index >= 15 is 0 Å². The number of hydrogen-bond acceptors (Lipinski definition) is 2. The molecule has 1 atom stereocenters. The molecule has 0 aliphatic heterocycles. The Kier molecular flexibility index (Phi) is 3.72. The normalized spacial score (nSPS) is 17.6. The summed E-state index contributed by atoms with van der Waals surface area (Å²) in [6, 6.07) is -0.475. The van der Waals surface area contributed by atoms with Crippen LogP contribution < -0.4 is 0 Å². The van der Waals surface area contributed by atoms with Crippen LogP contribution in [0.1, 0.15) is 40.0 Å². The summed E-state index contributed by atoms with van der Waals surface area (Å²) in [5.41, 5.74) is 0. The van der Waals surface area contributed by atoms with E-state index < -0.39 is 12.0 Å². The molecule has 1 fully saturated rings. The van der Waals surface area contributed by atoms with Crippen molar-refractivity contribution in [2.75, 3.05) is 0 Å². The van der Waals surface area contributed by atoms with Gasteiger partial charge >= 0.3 is 5.97 Å². The second kappa shape index (κ2) is 4.64. The molecule has 1 aliphatic carbocycles. The maximum absolute atomic E-state index is 11.4. The minimum atomic E-state index is -0.884. The Morgan fingerprint density at radius 3 is 2.20 bits per heavy atom. The van der Waals surface area contributed by atoms with Crippen molar-refractivity contribution in [2.45, 2.75) is 52.1 Å². The van der Waals surface area contributed by atoms with Crippen LogP contribution in [0.15, 0.2) is 0 Å². The molecule has 0 bridgehead atoms. The molecule has 1 rings (SSSR count). The van der Waals surface area contributed by atoms with Gasteiger partial charge in [-0.05, 0) is 25.2 Å². The van der Waals surface area contributed by atoms with Gasteiger partial charge in [-0.25, -0.2) is 4.79 Å². The number of carboxylic acids is 1. The molecule has 4 nitrogen and oxygen atoms in total. The van der Waals surface area contributed by atoms with Crippen LogP contribution in [0.4, 0.5) is 0 Å². The molecule has 0 spiro atoms. The van der Waals surface area contributed by atoms with Crippen molar-refractivity contribution in [3.63, 3.8) is 0 Å². The lowest BCUT2D eigenvalue weighted by atomic mass is 10.0. The average molecular weight is 213 g/mol. The summed E-state index contributed by atoms with van der Waals surface area (Å²) in [5.74, 6) is -0.719. The number of carbonyl (C=O) groups is 2. The van der Waals surface area contributed by atoms with E-state index in [2.05, 4.69) is 0 Å². The lowest BCUT2D eigenvalue weighted by molar-refractivity contribution is -0.150. The van der Waals surface area contributed by atoms with Gasteiger partial charge in [-0.3, -0.25) is 4.79 Å². The van der Waals surface area contributed by atoms with E-state index in [0.717, 1.165) is 12.8 Å². The Morgan fingerprint density at radius 1 is 1.40 bits per heavy atom. The lowest BCUT2D eigenvalue weighted by Gasteiger charge is -2.29. The summed E-state index contributed by atoms with van der Waals surface area (Å²) in [7, 11) is 0. The molecule has 86 valence electrons. The predicted molar refractivity (Wildman–Crippen MR) is 56.4 cm³/mol. The molecule has 0 aromatic carbocycles. The van der Waals surface area contributed by atoms with Crippen LogP contribution in [-0.4, -0.2) is 34.0 Å². The number of aliphatic carboxylic acids is 1. The summed E-state index contributed by atoms with van der Waals surface area (Å²) in [5, 5.41) is 9.12. The zero-order valence-electron chi connectivity index (χ0n) is 9.56. The van der Waals surface area contributed by atoms with E-state index in [-0.39, 0.29) is 17.9 Å². The van der Waals surface area contributed by atoms with Crippen LogP contribution in [0.5, 0.6) is 0 Å². The first kappa shape index (κ1) is 12.0. The van der Waals surface area contributed by atoms with Crippen molar-refractivity contribution in [3.8, 4) is 0 Å². The molecular formula is C11H19NO3. The zero-order chi connectivity index (χ0) is 11.6. The third kappa shape index (κ3) is 3.22. The van der Waals surface area contributed by atoms with Crippen molar-refractivity contribution in [1.82, 2.24) is 4.90 Å². The van der Waals surface area contributed by atoms with Crippen LogP contribution in [0.2, 0.25) is 0 Å². The minimum Gasteiger partial charge on any atom is -0.480 e. The van der Waals surface area contributed by atoms with E-state index in [1.165, 1.54) is 6.92 Å². The second-order valence-electron chi connectivity index (χ2n) is 4.64. The molecule has 0 radical (unpaired) electrons. The summed E-state index contributed by atoms with van der Waals surface area (Å²) >= 11 is 0. The first-order valence-corrected chi connectivity index (χ1v) is 5.45. The number of nitrogens with zero attached hydrogens (tertiary/aromatic N) is 1. The molecule has 1 saturated carbocycles. The molecule has 1 unspecified atom stereocenters. The number of hydrogen-bond donors (Lipinski definition) is 1. The third-order valence-corrected chi connectivity index (χ3v) is 2.62. The molecule has 0 aromatic heterocycles. The lowest BCUT2D eigenvalue weighted by Crippen LogP contribution is -2.46. The van der Waals surface area contributed by atoms with Crippen molar-refractivity contribution in [1.29, 1.82) is 0 Å². The van der Waals surface area contributed by atoms with Crippen molar-refractivity contribution in [3.05, 3.63) is 0 Å². The first-order valence-electron chi connectivity index (χ1n) is 5.45. The Bertz CT molecular complexity index is 259. The second-order valence-corrected chi connectivity index (χ2v) is 4.64. The van der Waals surface area contributed by atoms with Gasteiger partial charge in [-0.1, -0.05) is 13.8 Å². The Hall–Kier alpha value is -1.06. The quantitative estimate of drug-likeness (QED) is 0.752. The van der Waals surface area contributed by atoms with Crippen LogP contribution >= 0.6 is 0 Å². The van der Waals surface area contributed by atoms with Crippen LogP contribution in [0, 0.1) is 5.92 Å². The molecule has 0 heterocycles. The van der Waals surface area contributed by atoms with Crippen LogP contribution in [0.25, 0.3) is 0 Å². The van der Waals surface area contributed by atoms with Gasteiger partial charge in [0.25, 0.3) is 0 Å². The van der Waals surface area contributed by atoms with E-state index in [1.54, 1.807) is 4.90 Å². The predicted octanol–water partition coefficient (Wildman–Crippen LogP) is 1.50. The Morgan fingerprint density at radius 2 is 1.93 bits per heavy atom. The highest BCUT2D eigenvalue weighted by Gasteiger charge is 2.39. The smallest absolute Gasteiger partial charge is 0.326 e. The van der Waals surface area contributed by atoms with Gasteiger partial charge < -0.3 is 10.0 Å². The highest BCUT2D eigenvalue weighted by molar-refractivity contribution is 5.82. The van der Waals surface area contributed by atoms with Gasteiger partial charge in [0.15, 0.2) is 0 Å². The summed E-state index contributed by atoms with van der Waals surface area (Å²) in [6.45, 7) is 5.40. The molecule has 1 amide bonds. The van der Waals surface area contributed by atoms with E-state index in [9.17, 15) is 9.59 Å². The van der Waals surface area contributed by atoms with Crippen LogP contribution in [0.3, 0.4) is 0 Å². The van der Waals surface area contributed by atoms with E-state index in [1.807, 2.05) is 13.8 Å². The summed E-state index contributed by atoms with van der Waals surface area (Å²) < 4.78 is 0. The molecule has 15 heavy (non-hydrogen) atoms. The van der Waals surface area contributed by atoms with Gasteiger partial charge in [0.1, 0.15) is 6.04 Å². The van der Waals surface area contributed by atoms with Gasteiger partial charge in [-0.15, -0.1) is 0 Å².